The van der Waals surface area contributed by atoms with E-state index in [1.807, 2.05) is 39.1 Å². The van der Waals surface area contributed by atoms with Crippen molar-refractivity contribution < 1.29 is 13.9 Å². The Labute approximate surface area is 191 Å². The lowest BCUT2D eigenvalue weighted by Gasteiger charge is -2.22. The number of aryl methyl sites for hydroxylation is 2. The molecule has 8 heteroatoms. The van der Waals surface area contributed by atoms with Crippen molar-refractivity contribution >= 4 is 28.1 Å². The van der Waals surface area contributed by atoms with Gasteiger partial charge in [0, 0.05) is 18.2 Å². The van der Waals surface area contributed by atoms with Crippen LogP contribution in [0.4, 0.5) is 4.79 Å². The third kappa shape index (κ3) is 4.33. The fraction of sp³-hybridized carbons (Fsp3) is 0.360. The summed E-state index contributed by atoms with van der Waals surface area (Å²) in [5.74, 6) is 0.396. The summed E-state index contributed by atoms with van der Waals surface area (Å²) in [4.78, 5) is 30.3. The van der Waals surface area contributed by atoms with Crippen molar-refractivity contribution in [3.8, 4) is 11.5 Å². The van der Waals surface area contributed by atoms with Crippen LogP contribution in [-0.4, -0.2) is 26.5 Å². The maximum Gasteiger partial charge on any atom is 0.408 e. The van der Waals surface area contributed by atoms with Crippen LogP contribution >= 0.6 is 0 Å². The van der Waals surface area contributed by atoms with E-state index in [0.717, 1.165) is 11.1 Å². The van der Waals surface area contributed by atoms with E-state index in [9.17, 15) is 9.59 Å². The molecule has 0 saturated carbocycles. The smallest absolute Gasteiger partial charge is 0.408 e. The van der Waals surface area contributed by atoms with Gasteiger partial charge in [-0.2, -0.15) is 5.10 Å². The first kappa shape index (κ1) is 22.5. The predicted molar refractivity (Wildman–Crippen MR) is 127 cm³/mol. The Hall–Kier alpha value is -3.68. The molecule has 0 unspecified atom stereocenters. The van der Waals surface area contributed by atoms with Crippen LogP contribution in [-0.2, 0) is 11.8 Å². The molecule has 4 aromatic rings. The maximum atomic E-state index is 13.3. The fourth-order valence-corrected chi connectivity index (χ4v) is 3.86. The summed E-state index contributed by atoms with van der Waals surface area (Å²) in [6, 6.07) is 6.98. The summed E-state index contributed by atoms with van der Waals surface area (Å²) in [5, 5.41) is 7.54. The number of alkyl carbamates (subject to hydrolysis) is 1. The minimum Gasteiger partial charge on any atom is -0.454 e. The van der Waals surface area contributed by atoms with Gasteiger partial charge in [0.2, 0.25) is 0 Å². The second-order valence-corrected chi connectivity index (χ2v) is 9.35. The van der Waals surface area contributed by atoms with E-state index in [1.54, 1.807) is 44.6 Å². The zero-order valence-corrected chi connectivity index (χ0v) is 19.9. The highest BCUT2D eigenvalue weighted by molar-refractivity contribution is 5.85. The molecule has 0 fully saturated rings. The molecule has 0 spiro atoms. The molecule has 0 saturated heterocycles. The number of ether oxygens (including phenoxy) is 1. The number of rotatable bonds is 3. The number of hydrogen-bond donors (Lipinski definition) is 1. The highest BCUT2D eigenvalue weighted by atomic mass is 16.6. The van der Waals surface area contributed by atoms with Crippen LogP contribution in [0.15, 0.2) is 39.7 Å². The lowest BCUT2D eigenvalue weighted by Crippen LogP contribution is -2.34. The molecule has 172 valence electrons. The first-order valence-corrected chi connectivity index (χ1v) is 10.8. The van der Waals surface area contributed by atoms with Crippen molar-refractivity contribution in [2.75, 3.05) is 0 Å². The lowest BCUT2D eigenvalue weighted by molar-refractivity contribution is 0.0508. The topological polar surface area (TPSA) is 99.2 Å². The van der Waals surface area contributed by atoms with Gasteiger partial charge in [0.25, 0.3) is 0 Å². The zero-order valence-electron chi connectivity index (χ0n) is 19.9. The quantitative estimate of drug-likeness (QED) is 0.476. The van der Waals surface area contributed by atoms with E-state index in [1.165, 1.54) is 0 Å². The van der Waals surface area contributed by atoms with Crippen molar-refractivity contribution in [3.05, 3.63) is 57.4 Å². The van der Waals surface area contributed by atoms with E-state index in [0.29, 0.717) is 39.1 Å². The summed E-state index contributed by atoms with van der Waals surface area (Å²) in [6.45, 7) is 10.9. The molecule has 0 bridgehead atoms. The zero-order chi connectivity index (χ0) is 24.1. The number of pyridine rings is 1. The van der Waals surface area contributed by atoms with E-state index >= 15 is 0 Å². The molecule has 0 aliphatic carbocycles. The largest absolute Gasteiger partial charge is 0.454 e. The molecule has 1 N–H and O–H groups in total. The Morgan fingerprint density at radius 2 is 1.94 bits per heavy atom. The Morgan fingerprint density at radius 3 is 2.64 bits per heavy atom. The van der Waals surface area contributed by atoms with Crippen LogP contribution in [0.2, 0.25) is 0 Å². The number of nitrogens with zero attached hydrogens (tertiary/aromatic N) is 3. The van der Waals surface area contributed by atoms with Crippen molar-refractivity contribution in [1.29, 1.82) is 0 Å². The molecule has 0 aliphatic rings. The Bertz CT molecular complexity index is 1440. The molecule has 3 heterocycles. The summed E-state index contributed by atoms with van der Waals surface area (Å²) < 4.78 is 13.5. The van der Waals surface area contributed by atoms with Gasteiger partial charge in [-0.1, -0.05) is 6.07 Å². The Balaban J connectivity index is 1.85. The van der Waals surface area contributed by atoms with Crippen LogP contribution in [0.1, 0.15) is 50.4 Å². The molecular formula is C25H28N4O4. The third-order valence-electron chi connectivity index (χ3n) is 5.43. The number of fused-ring (bicyclic) bond motifs is 2. The highest BCUT2D eigenvalue weighted by Gasteiger charge is 2.23. The number of benzene rings is 1. The molecular weight excluding hydrogens is 420 g/mol. The SMILES string of the molecule is Cc1cc([C@@H](C)NC(=O)OC(C)(C)C)c2oc(-c3ccc4c(cnn4C)n3)c(C)c(=O)c2c1. The van der Waals surface area contributed by atoms with Gasteiger partial charge in [0.1, 0.15) is 22.4 Å². The van der Waals surface area contributed by atoms with Crippen LogP contribution in [0.5, 0.6) is 0 Å². The minimum absolute atomic E-state index is 0.131. The molecule has 1 atom stereocenters. The minimum atomic E-state index is -0.619. The second kappa shape index (κ2) is 8.03. The van der Waals surface area contributed by atoms with Gasteiger partial charge < -0.3 is 14.5 Å². The summed E-state index contributed by atoms with van der Waals surface area (Å²) in [5.41, 5.74) is 3.87. The normalized spacial score (nSPS) is 12.8. The summed E-state index contributed by atoms with van der Waals surface area (Å²) in [7, 11) is 1.85. The first-order valence-electron chi connectivity index (χ1n) is 10.8. The number of carbonyl (C=O) groups excluding carboxylic acids is 1. The molecule has 1 aromatic carbocycles. The predicted octanol–water partition coefficient (Wildman–Crippen LogP) is 4.94. The van der Waals surface area contributed by atoms with Gasteiger partial charge in [-0.15, -0.1) is 0 Å². The average molecular weight is 449 g/mol. The van der Waals surface area contributed by atoms with Gasteiger partial charge in [0.05, 0.1) is 23.1 Å². The van der Waals surface area contributed by atoms with Crippen LogP contribution < -0.4 is 10.7 Å². The third-order valence-corrected chi connectivity index (χ3v) is 5.43. The maximum absolute atomic E-state index is 13.3. The van der Waals surface area contributed by atoms with Gasteiger partial charge in [-0.3, -0.25) is 9.48 Å². The van der Waals surface area contributed by atoms with Crippen LogP contribution in [0.3, 0.4) is 0 Å². The number of aromatic nitrogens is 3. The van der Waals surface area contributed by atoms with E-state index < -0.39 is 17.7 Å². The van der Waals surface area contributed by atoms with Gasteiger partial charge >= 0.3 is 6.09 Å². The van der Waals surface area contributed by atoms with Gasteiger partial charge in [-0.25, -0.2) is 9.78 Å². The number of carbonyl (C=O) groups is 1. The Kier molecular flexibility index (Phi) is 5.47. The fourth-order valence-electron chi connectivity index (χ4n) is 3.86. The number of hydrogen-bond acceptors (Lipinski definition) is 6. The second-order valence-electron chi connectivity index (χ2n) is 9.35. The van der Waals surface area contributed by atoms with E-state index in [-0.39, 0.29) is 5.43 Å². The standard InChI is InChI=1S/C25H28N4O4/c1-13-10-16(15(3)27-24(31)33-25(4,5)6)23-17(11-13)21(30)14(2)22(32-23)18-8-9-20-19(28-18)12-26-29(20)7/h8-12,15H,1-7H3,(H,27,31)/t15-/m1/s1. The number of nitrogens with one attached hydrogen (secondary N) is 1. The monoisotopic (exact) mass is 448 g/mol. The molecule has 3 aromatic heterocycles. The van der Waals surface area contributed by atoms with Crippen LogP contribution in [0.25, 0.3) is 33.5 Å². The van der Waals surface area contributed by atoms with Crippen molar-refractivity contribution in [1.82, 2.24) is 20.1 Å². The van der Waals surface area contributed by atoms with Crippen molar-refractivity contribution in [2.24, 2.45) is 7.05 Å². The lowest BCUT2D eigenvalue weighted by atomic mass is 9.99. The number of amides is 1. The molecule has 0 aliphatic heterocycles. The van der Waals surface area contributed by atoms with Crippen LogP contribution in [0, 0.1) is 13.8 Å². The molecule has 8 nitrogen and oxygen atoms in total. The molecule has 33 heavy (non-hydrogen) atoms. The highest BCUT2D eigenvalue weighted by Crippen LogP contribution is 2.31. The Morgan fingerprint density at radius 1 is 1.21 bits per heavy atom. The van der Waals surface area contributed by atoms with Gasteiger partial charge in [-0.05, 0) is 65.3 Å². The summed E-state index contributed by atoms with van der Waals surface area (Å²) in [6.07, 6.45) is 1.14. The van der Waals surface area contributed by atoms with Crippen molar-refractivity contribution in [2.45, 2.75) is 53.2 Å². The van der Waals surface area contributed by atoms with E-state index in [4.69, 9.17) is 9.15 Å². The van der Waals surface area contributed by atoms with E-state index in [2.05, 4.69) is 15.4 Å². The summed E-state index contributed by atoms with van der Waals surface area (Å²) >= 11 is 0. The molecule has 1 amide bonds. The molecule has 4 rings (SSSR count). The van der Waals surface area contributed by atoms with Gasteiger partial charge in [0.15, 0.2) is 11.2 Å². The molecule has 0 radical (unpaired) electrons. The average Bonchev–Trinajstić information content (AvgIpc) is 3.09. The first-order chi connectivity index (χ1) is 15.4. The van der Waals surface area contributed by atoms with Crippen molar-refractivity contribution in [3.63, 3.8) is 0 Å².